The molecule has 1 amide bonds. The molecule has 2 aliphatic rings. The summed E-state index contributed by atoms with van der Waals surface area (Å²) in [6, 6.07) is 9.77. The molecule has 1 heterocycles. The molecule has 2 fully saturated rings. The molecule has 4 N–H and O–H groups in total. The van der Waals surface area contributed by atoms with Gasteiger partial charge in [-0.3, -0.25) is 4.79 Å². The number of ether oxygens (including phenoxy) is 3. The number of aryl methyl sites for hydroxylation is 1. The van der Waals surface area contributed by atoms with Crippen LogP contribution in [-0.4, -0.2) is 79.8 Å². The van der Waals surface area contributed by atoms with Crippen LogP contribution in [0.5, 0.6) is 5.75 Å². The number of unbranched alkanes of at least 4 members (excludes halogenated alkanes) is 1. The van der Waals surface area contributed by atoms with Gasteiger partial charge in [-0.25, -0.2) is 4.39 Å². The molecule has 8 nitrogen and oxygen atoms in total. The first-order valence-electron chi connectivity index (χ1n) is 13.7. The molecule has 9 heteroatoms. The highest BCUT2D eigenvalue weighted by Crippen LogP contribution is 2.42. The van der Waals surface area contributed by atoms with Crippen LogP contribution in [-0.2, 0) is 19.9 Å². The van der Waals surface area contributed by atoms with Gasteiger partial charge in [-0.1, -0.05) is 18.2 Å². The van der Waals surface area contributed by atoms with E-state index in [2.05, 4.69) is 0 Å². The summed E-state index contributed by atoms with van der Waals surface area (Å²) >= 11 is 0. The maximum atomic E-state index is 15.6. The SMILES string of the molecule is COCCCCC(O)(c1cccc(F)c1-c1cc(C)cc(OC)c1)C1CN(C(=O)C2CC(N)C(O)C2)CCO1. The molecule has 39 heavy (non-hydrogen) atoms. The first-order valence-corrected chi connectivity index (χ1v) is 13.7. The lowest BCUT2D eigenvalue weighted by Gasteiger charge is -2.43. The van der Waals surface area contributed by atoms with Crippen LogP contribution in [0.25, 0.3) is 11.1 Å². The van der Waals surface area contributed by atoms with Gasteiger partial charge in [-0.2, -0.15) is 0 Å². The predicted octanol–water partition coefficient (Wildman–Crippen LogP) is 3.14. The minimum atomic E-state index is -1.59. The van der Waals surface area contributed by atoms with Crippen LogP contribution in [0.4, 0.5) is 4.39 Å². The Kier molecular flexibility index (Phi) is 9.61. The van der Waals surface area contributed by atoms with Crippen molar-refractivity contribution in [2.75, 3.05) is 40.5 Å². The number of amides is 1. The molecule has 0 radical (unpaired) electrons. The van der Waals surface area contributed by atoms with Crippen LogP contribution in [0.15, 0.2) is 36.4 Å². The van der Waals surface area contributed by atoms with Gasteiger partial charge in [0, 0.05) is 37.8 Å². The van der Waals surface area contributed by atoms with Gasteiger partial charge in [0.25, 0.3) is 0 Å². The highest BCUT2D eigenvalue weighted by molar-refractivity contribution is 5.79. The number of hydrogen-bond donors (Lipinski definition) is 3. The van der Waals surface area contributed by atoms with E-state index in [0.717, 1.165) is 5.56 Å². The van der Waals surface area contributed by atoms with E-state index in [1.54, 1.807) is 37.3 Å². The zero-order valence-corrected chi connectivity index (χ0v) is 23.1. The molecular weight excluding hydrogens is 503 g/mol. The molecule has 5 atom stereocenters. The topological polar surface area (TPSA) is 114 Å². The van der Waals surface area contributed by atoms with E-state index in [1.807, 2.05) is 19.1 Å². The number of benzene rings is 2. The summed E-state index contributed by atoms with van der Waals surface area (Å²) < 4.78 is 32.4. The van der Waals surface area contributed by atoms with E-state index in [-0.39, 0.29) is 37.0 Å². The van der Waals surface area contributed by atoms with Gasteiger partial charge in [0.15, 0.2) is 0 Å². The number of aliphatic hydroxyl groups excluding tert-OH is 1. The minimum absolute atomic E-state index is 0.0973. The number of nitrogens with two attached hydrogens (primary N) is 1. The summed E-state index contributed by atoms with van der Waals surface area (Å²) in [4.78, 5) is 15.1. The number of aliphatic hydroxyl groups is 2. The third-order valence-electron chi connectivity index (χ3n) is 8.05. The third-order valence-corrected chi connectivity index (χ3v) is 8.05. The van der Waals surface area contributed by atoms with Crippen molar-refractivity contribution in [3.8, 4) is 16.9 Å². The number of nitrogens with zero attached hydrogens (tertiary/aromatic N) is 1. The number of methoxy groups -OCH3 is 2. The van der Waals surface area contributed by atoms with Crippen molar-refractivity contribution in [2.45, 2.75) is 62.9 Å². The molecule has 214 valence electrons. The molecule has 0 bridgehead atoms. The zero-order chi connectivity index (χ0) is 28.2. The number of morpholine rings is 1. The summed E-state index contributed by atoms with van der Waals surface area (Å²) in [5.41, 5.74) is 6.55. The van der Waals surface area contributed by atoms with Crippen LogP contribution in [0.1, 0.15) is 43.2 Å². The molecule has 1 aliphatic carbocycles. The number of carbonyl (C=O) groups is 1. The van der Waals surface area contributed by atoms with E-state index in [4.69, 9.17) is 19.9 Å². The monoisotopic (exact) mass is 544 g/mol. The van der Waals surface area contributed by atoms with Crippen molar-refractivity contribution in [3.63, 3.8) is 0 Å². The van der Waals surface area contributed by atoms with Crippen LogP contribution < -0.4 is 10.5 Å². The Balaban J connectivity index is 1.71. The summed E-state index contributed by atoms with van der Waals surface area (Å²) in [6.07, 6.45) is 0.859. The maximum absolute atomic E-state index is 15.6. The van der Waals surface area contributed by atoms with Crippen LogP contribution in [0, 0.1) is 18.7 Å². The molecule has 0 spiro atoms. The predicted molar refractivity (Wildman–Crippen MR) is 146 cm³/mol. The average molecular weight is 545 g/mol. The highest BCUT2D eigenvalue weighted by atomic mass is 19.1. The van der Waals surface area contributed by atoms with Crippen molar-refractivity contribution >= 4 is 5.91 Å². The highest BCUT2D eigenvalue weighted by Gasteiger charge is 2.46. The van der Waals surface area contributed by atoms with E-state index in [0.29, 0.717) is 55.7 Å². The Morgan fingerprint density at radius 2 is 2.03 bits per heavy atom. The van der Waals surface area contributed by atoms with E-state index < -0.39 is 29.7 Å². The average Bonchev–Trinajstić information content (AvgIpc) is 3.27. The lowest BCUT2D eigenvalue weighted by Crippen LogP contribution is -2.55. The first-order chi connectivity index (χ1) is 18.7. The Labute approximate surface area is 229 Å². The van der Waals surface area contributed by atoms with Crippen molar-refractivity contribution in [3.05, 3.63) is 53.3 Å². The van der Waals surface area contributed by atoms with E-state index >= 15 is 4.39 Å². The Hall–Kier alpha value is -2.56. The lowest BCUT2D eigenvalue weighted by molar-refractivity contribution is -0.167. The summed E-state index contributed by atoms with van der Waals surface area (Å²) in [7, 11) is 3.19. The van der Waals surface area contributed by atoms with Gasteiger partial charge in [0.2, 0.25) is 5.91 Å². The van der Waals surface area contributed by atoms with Crippen molar-refractivity contribution in [2.24, 2.45) is 11.7 Å². The van der Waals surface area contributed by atoms with Gasteiger partial charge >= 0.3 is 0 Å². The molecule has 1 saturated carbocycles. The van der Waals surface area contributed by atoms with Crippen LogP contribution >= 0.6 is 0 Å². The lowest BCUT2D eigenvalue weighted by atomic mass is 9.78. The molecule has 5 unspecified atom stereocenters. The van der Waals surface area contributed by atoms with Crippen LogP contribution in [0.3, 0.4) is 0 Å². The smallest absolute Gasteiger partial charge is 0.226 e. The van der Waals surface area contributed by atoms with Gasteiger partial charge in [0.05, 0.1) is 26.4 Å². The van der Waals surface area contributed by atoms with E-state index in [1.165, 1.54) is 6.07 Å². The number of rotatable bonds is 10. The fourth-order valence-electron chi connectivity index (χ4n) is 5.94. The molecule has 0 aromatic heterocycles. The second-order valence-corrected chi connectivity index (χ2v) is 10.8. The van der Waals surface area contributed by atoms with E-state index in [9.17, 15) is 15.0 Å². The summed E-state index contributed by atoms with van der Waals surface area (Å²) in [6.45, 7) is 3.20. The molecule has 2 aromatic rings. The minimum Gasteiger partial charge on any atom is -0.497 e. The fourth-order valence-corrected chi connectivity index (χ4v) is 5.94. The number of hydrogen-bond acceptors (Lipinski definition) is 7. The fraction of sp³-hybridized carbons (Fsp3) is 0.567. The molecule has 1 aliphatic heterocycles. The third kappa shape index (κ3) is 6.44. The largest absolute Gasteiger partial charge is 0.497 e. The molecular formula is C30H41FN2O6. The van der Waals surface area contributed by atoms with Crippen LogP contribution in [0.2, 0.25) is 0 Å². The van der Waals surface area contributed by atoms with Crippen molar-refractivity contribution < 1.29 is 33.6 Å². The Morgan fingerprint density at radius 3 is 2.72 bits per heavy atom. The van der Waals surface area contributed by atoms with Crippen molar-refractivity contribution in [1.29, 1.82) is 0 Å². The molecule has 2 aromatic carbocycles. The first kappa shape index (κ1) is 29.4. The summed E-state index contributed by atoms with van der Waals surface area (Å²) in [5, 5.41) is 22.5. The standard InChI is InChI=1S/C30H41FN2O6/c1-19-13-20(15-22(14-19)38-3)28-23(7-6-8-24(28)31)30(36,9-4-5-11-37-2)27-18-33(10-12-39-27)29(35)21-16-25(32)26(34)17-21/h6-8,13-15,21,25-27,34,36H,4-5,9-12,16-18,32H2,1-3H3. The van der Waals surface area contributed by atoms with Gasteiger partial charge < -0.3 is 35.1 Å². The molecule has 4 rings (SSSR count). The number of halogens is 1. The Bertz CT molecular complexity index is 1140. The maximum Gasteiger partial charge on any atom is 0.226 e. The zero-order valence-electron chi connectivity index (χ0n) is 23.1. The normalized spacial score (nSPS) is 24.9. The second kappa shape index (κ2) is 12.7. The quantitative estimate of drug-likeness (QED) is 0.394. The Morgan fingerprint density at radius 1 is 1.23 bits per heavy atom. The van der Waals surface area contributed by atoms with Gasteiger partial charge in [0.1, 0.15) is 23.3 Å². The summed E-state index contributed by atoms with van der Waals surface area (Å²) in [5.74, 6) is -0.341. The number of carbonyl (C=O) groups excluding carboxylic acids is 1. The van der Waals surface area contributed by atoms with Gasteiger partial charge in [-0.05, 0) is 73.9 Å². The molecule has 1 saturated heterocycles. The van der Waals surface area contributed by atoms with Gasteiger partial charge in [-0.15, -0.1) is 0 Å². The van der Waals surface area contributed by atoms with Crippen molar-refractivity contribution in [1.82, 2.24) is 4.90 Å². The second-order valence-electron chi connectivity index (χ2n) is 10.8.